The van der Waals surface area contributed by atoms with Crippen molar-refractivity contribution in [2.45, 2.75) is 52.4 Å². The number of hydrogen-bond donors (Lipinski definition) is 1. The number of nitrogens with zero attached hydrogens (tertiary/aromatic N) is 3. The van der Waals surface area contributed by atoms with Gasteiger partial charge in [-0.2, -0.15) is 0 Å². The molecule has 0 amide bonds. The molecule has 0 saturated carbocycles. The van der Waals surface area contributed by atoms with E-state index in [2.05, 4.69) is 131 Å². The number of phenols is 1. The molecule has 6 heteroatoms. The van der Waals surface area contributed by atoms with Gasteiger partial charge >= 0.3 is 0 Å². The molecule has 0 atom stereocenters. The van der Waals surface area contributed by atoms with Gasteiger partial charge in [0.1, 0.15) is 22.6 Å². The molecule has 0 spiro atoms. The predicted octanol–water partition coefficient (Wildman–Crippen LogP) is 12.6. The van der Waals surface area contributed by atoms with E-state index in [1.807, 2.05) is 48.7 Å². The standard InChI is InChI=1S/C48H40N3O2.Pt/c1-47(2,3)33-26-37(44(52)39(27-33)48(4,5)6)31-23-30(29-15-8-7-9-16-29)24-32(25-31)43-45-38(35-18-11-13-21-41(35)53-45)28-42(50-43)51-40-20-12-10-17-34(40)36-19-14-22-49-46(36)51;/h7-24,26-28,52H,1-6H3;/q-1;. The van der Waals surface area contributed by atoms with Crippen LogP contribution >= 0.6 is 0 Å². The summed E-state index contributed by atoms with van der Waals surface area (Å²) in [6.07, 6.45) is 1.83. The van der Waals surface area contributed by atoms with Gasteiger partial charge in [-0.15, -0.1) is 23.8 Å². The molecule has 0 bridgehead atoms. The zero-order valence-electron chi connectivity index (χ0n) is 31.1. The summed E-state index contributed by atoms with van der Waals surface area (Å²) in [4.78, 5) is 10.3. The molecule has 4 aromatic heterocycles. The van der Waals surface area contributed by atoms with Crippen LogP contribution in [0.25, 0.3) is 83.2 Å². The third kappa shape index (κ3) is 5.92. The van der Waals surface area contributed by atoms with E-state index in [0.29, 0.717) is 11.3 Å². The first kappa shape index (κ1) is 35.5. The van der Waals surface area contributed by atoms with Gasteiger partial charge in [-0.3, -0.25) is 9.55 Å². The smallest absolute Gasteiger partial charge is 0.146 e. The Morgan fingerprint density at radius 3 is 2.09 bits per heavy atom. The van der Waals surface area contributed by atoms with Crippen LogP contribution in [-0.2, 0) is 31.9 Å². The largest absolute Gasteiger partial charge is 0.515 e. The van der Waals surface area contributed by atoms with Crippen molar-refractivity contribution >= 4 is 43.9 Å². The number of fused-ring (bicyclic) bond motifs is 6. The Labute approximate surface area is 329 Å². The Kier molecular flexibility index (Phi) is 8.62. The summed E-state index contributed by atoms with van der Waals surface area (Å²) in [7, 11) is 0. The molecule has 4 heterocycles. The third-order valence-electron chi connectivity index (χ3n) is 10.3. The fraction of sp³-hybridized carbons (Fsp3) is 0.167. The summed E-state index contributed by atoms with van der Waals surface area (Å²) in [5.74, 6) is 1.00. The number of aromatic hydroxyl groups is 1. The zero-order chi connectivity index (χ0) is 36.6. The van der Waals surface area contributed by atoms with E-state index in [9.17, 15) is 5.11 Å². The number of phenolic OH excluding ortho intramolecular Hbond substituents is 1. The number of para-hydroxylation sites is 2. The van der Waals surface area contributed by atoms with E-state index in [4.69, 9.17) is 14.4 Å². The minimum Gasteiger partial charge on any atom is -0.515 e. The Hall–Kier alpha value is -5.51. The van der Waals surface area contributed by atoms with Crippen LogP contribution in [0.5, 0.6) is 5.75 Å². The monoisotopic (exact) mass is 885 g/mol. The Morgan fingerprint density at radius 2 is 1.33 bits per heavy atom. The Bertz CT molecular complexity index is 2820. The SMILES string of the molecule is CC(C)(C)c1cc(-c2[c-]c(-c3nc(-n4c5ccccc5c5cccnc54)cc4c3oc3ccccc34)cc(-c3ccccc3)c2)c(O)c(C(C)(C)C)c1.[Pt]. The summed E-state index contributed by atoms with van der Waals surface area (Å²) in [6.45, 7) is 13.1. The quantitative estimate of drug-likeness (QED) is 0.179. The number of furan rings is 1. The minimum absolute atomic E-state index is 0. The van der Waals surface area contributed by atoms with Crippen LogP contribution < -0.4 is 0 Å². The van der Waals surface area contributed by atoms with Crippen molar-refractivity contribution in [3.05, 3.63) is 145 Å². The van der Waals surface area contributed by atoms with E-state index in [0.717, 1.165) is 83.1 Å². The summed E-state index contributed by atoms with van der Waals surface area (Å²) in [5.41, 5.74) is 9.93. The van der Waals surface area contributed by atoms with E-state index >= 15 is 0 Å². The molecule has 0 saturated heterocycles. The molecule has 5 nitrogen and oxygen atoms in total. The van der Waals surface area contributed by atoms with E-state index in [1.54, 1.807) is 0 Å². The first-order chi connectivity index (χ1) is 25.5. The van der Waals surface area contributed by atoms with Crippen molar-refractivity contribution in [3.8, 4) is 45.1 Å². The Balaban J connectivity index is 0.00000413. The zero-order valence-corrected chi connectivity index (χ0v) is 33.4. The molecular weight excluding hydrogens is 846 g/mol. The van der Waals surface area contributed by atoms with Gasteiger partial charge in [0.2, 0.25) is 0 Å². The van der Waals surface area contributed by atoms with Crippen molar-refractivity contribution in [1.82, 2.24) is 14.5 Å². The fourth-order valence-electron chi connectivity index (χ4n) is 7.52. The van der Waals surface area contributed by atoms with E-state index < -0.39 is 0 Å². The second kappa shape index (κ2) is 13.1. The first-order valence-corrected chi connectivity index (χ1v) is 18.1. The molecule has 9 rings (SSSR count). The van der Waals surface area contributed by atoms with Gasteiger partial charge < -0.3 is 9.52 Å². The minimum atomic E-state index is -0.285. The van der Waals surface area contributed by atoms with Gasteiger partial charge in [0.05, 0.1) is 17.0 Å². The van der Waals surface area contributed by atoms with E-state index in [-0.39, 0.29) is 37.6 Å². The molecule has 0 aliphatic heterocycles. The summed E-state index contributed by atoms with van der Waals surface area (Å²) in [6, 6.07) is 45.3. The van der Waals surface area contributed by atoms with Crippen molar-refractivity contribution < 1.29 is 30.6 Å². The molecule has 0 aliphatic rings. The average Bonchev–Trinajstić information content (AvgIpc) is 3.70. The van der Waals surface area contributed by atoms with Crippen molar-refractivity contribution in [1.29, 1.82) is 0 Å². The number of hydrogen-bond acceptors (Lipinski definition) is 4. The maximum atomic E-state index is 12.1. The summed E-state index contributed by atoms with van der Waals surface area (Å²) in [5, 5.41) is 16.2. The van der Waals surface area contributed by atoms with Gasteiger partial charge in [-0.05, 0) is 63.4 Å². The van der Waals surface area contributed by atoms with Gasteiger partial charge in [-0.1, -0.05) is 132 Å². The molecular formula is C48H40N3O2Pt-. The van der Waals surface area contributed by atoms with Crippen LogP contribution in [0, 0.1) is 6.07 Å². The molecule has 5 aromatic carbocycles. The van der Waals surface area contributed by atoms with Crippen LogP contribution in [0.1, 0.15) is 52.7 Å². The Morgan fingerprint density at radius 1 is 0.648 bits per heavy atom. The summed E-state index contributed by atoms with van der Waals surface area (Å²) >= 11 is 0. The van der Waals surface area contributed by atoms with Crippen LogP contribution in [0.2, 0.25) is 0 Å². The molecule has 0 aliphatic carbocycles. The van der Waals surface area contributed by atoms with Crippen molar-refractivity contribution in [2.75, 3.05) is 0 Å². The molecule has 0 radical (unpaired) electrons. The number of rotatable bonds is 4. The van der Waals surface area contributed by atoms with Crippen LogP contribution in [0.3, 0.4) is 0 Å². The predicted molar refractivity (Wildman–Crippen MR) is 218 cm³/mol. The van der Waals surface area contributed by atoms with Gasteiger partial charge in [0, 0.05) is 48.8 Å². The van der Waals surface area contributed by atoms with E-state index in [1.165, 1.54) is 0 Å². The van der Waals surface area contributed by atoms with Crippen LogP contribution in [0.15, 0.2) is 132 Å². The molecule has 9 aromatic rings. The molecule has 1 N–H and O–H groups in total. The number of aromatic nitrogens is 3. The maximum absolute atomic E-state index is 12.1. The second-order valence-corrected chi connectivity index (χ2v) is 16.0. The topological polar surface area (TPSA) is 64.1 Å². The van der Waals surface area contributed by atoms with Gasteiger partial charge in [0.25, 0.3) is 0 Å². The van der Waals surface area contributed by atoms with Crippen LogP contribution in [0.4, 0.5) is 0 Å². The van der Waals surface area contributed by atoms with Gasteiger partial charge in [-0.25, -0.2) is 4.98 Å². The molecule has 270 valence electrons. The van der Waals surface area contributed by atoms with Gasteiger partial charge in [0.15, 0.2) is 0 Å². The molecule has 54 heavy (non-hydrogen) atoms. The van der Waals surface area contributed by atoms with Crippen LogP contribution in [-0.4, -0.2) is 19.6 Å². The number of benzene rings is 5. The average molecular weight is 886 g/mol. The fourth-order valence-corrected chi connectivity index (χ4v) is 7.52. The third-order valence-corrected chi connectivity index (χ3v) is 10.3. The second-order valence-electron chi connectivity index (χ2n) is 16.0. The molecule has 0 unspecified atom stereocenters. The van der Waals surface area contributed by atoms with Crippen molar-refractivity contribution in [2.24, 2.45) is 0 Å². The summed E-state index contributed by atoms with van der Waals surface area (Å²) < 4.78 is 8.82. The number of pyridine rings is 2. The van der Waals surface area contributed by atoms with Crippen molar-refractivity contribution in [3.63, 3.8) is 0 Å². The first-order valence-electron chi connectivity index (χ1n) is 18.1. The normalized spacial score (nSPS) is 12.2. The maximum Gasteiger partial charge on any atom is 0.146 e. The molecule has 0 fully saturated rings.